The Hall–Kier alpha value is -3.03. The van der Waals surface area contributed by atoms with Crippen LogP contribution >= 0.6 is 0 Å². The summed E-state index contributed by atoms with van der Waals surface area (Å²) < 4.78 is 41.1. The second-order valence-electron chi connectivity index (χ2n) is 7.25. The van der Waals surface area contributed by atoms with E-state index in [1.807, 2.05) is 19.1 Å². The Labute approximate surface area is 166 Å². The number of fused-ring (bicyclic) bond motifs is 1. The van der Waals surface area contributed by atoms with E-state index in [9.17, 15) is 18.0 Å². The van der Waals surface area contributed by atoms with Crippen LogP contribution in [0.2, 0.25) is 0 Å². The number of aryl methyl sites for hydroxylation is 1. The zero-order chi connectivity index (χ0) is 20.6. The molecule has 5 nitrogen and oxygen atoms in total. The zero-order valence-electron chi connectivity index (χ0n) is 16.0. The average Bonchev–Trinajstić information content (AvgIpc) is 3.32. The van der Waals surface area contributed by atoms with Crippen molar-refractivity contribution in [3.8, 4) is 0 Å². The third-order valence-corrected chi connectivity index (χ3v) is 5.17. The number of benzene rings is 2. The van der Waals surface area contributed by atoms with Gasteiger partial charge in [0, 0.05) is 24.5 Å². The number of nitrogens with zero attached hydrogens (tertiary/aromatic N) is 3. The topological polar surface area (TPSA) is 50.2 Å². The van der Waals surface area contributed by atoms with E-state index in [1.165, 1.54) is 12.1 Å². The molecule has 0 bridgehead atoms. The van der Waals surface area contributed by atoms with Crippen LogP contribution in [0.4, 0.5) is 24.5 Å². The molecule has 1 saturated heterocycles. The number of carbonyl (C=O) groups excluding carboxylic acids is 1. The number of anilines is 2. The summed E-state index contributed by atoms with van der Waals surface area (Å²) in [6.07, 6.45) is -2.32. The second kappa shape index (κ2) is 7.42. The largest absolute Gasteiger partial charge is 0.449 e. The molecule has 1 aliphatic heterocycles. The summed E-state index contributed by atoms with van der Waals surface area (Å²) in [6, 6.07) is 12.0. The third kappa shape index (κ3) is 3.92. The van der Waals surface area contributed by atoms with Crippen LogP contribution in [0.15, 0.2) is 42.5 Å². The van der Waals surface area contributed by atoms with Crippen LogP contribution in [0.5, 0.6) is 0 Å². The molecule has 1 amide bonds. The van der Waals surface area contributed by atoms with Crippen molar-refractivity contribution >= 4 is 28.3 Å². The molecule has 0 radical (unpaired) electrons. The number of aromatic nitrogens is 2. The van der Waals surface area contributed by atoms with Crippen molar-refractivity contribution in [3.05, 3.63) is 53.9 Å². The van der Waals surface area contributed by atoms with Gasteiger partial charge in [-0.05, 0) is 55.7 Å². The van der Waals surface area contributed by atoms with Gasteiger partial charge in [-0.1, -0.05) is 12.1 Å². The third-order valence-electron chi connectivity index (χ3n) is 5.17. The summed E-state index contributed by atoms with van der Waals surface area (Å²) in [5.41, 5.74) is 3.04. The van der Waals surface area contributed by atoms with E-state index in [-0.39, 0.29) is 11.0 Å². The summed E-state index contributed by atoms with van der Waals surface area (Å²) in [7, 11) is 0. The van der Waals surface area contributed by atoms with Crippen LogP contribution in [0.3, 0.4) is 0 Å². The molecular weight excluding hydrogens is 381 g/mol. The number of hydrogen-bond donors (Lipinski definition) is 1. The van der Waals surface area contributed by atoms with E-state index in [2.05, 4.69) is 15.2 Å². The SMILES string of the molecule is Cc1cc(N2CCCC2)ccc1NC(=O)Cn1c(C(F)(F)F)nc2ccccc21. The van der Waals surface area contributed by atoms with Gasteiger partial charge in [0.1, 0.15) is 6.54 Å². The van der Waals surface area contributed by atoms with Crippen LogP contribution < -0.4 is 10.2 Å². The van der Waals surface area contributed by atoms with Gasteiger partial charge in [0.15, 0.2) is 0 Å². The van der Waals surface area contributed by atoms with Gasteiger partial charge in [-0.2, -0.15) is 13.2 Å². The van der Waals surface area contributed by atoms with Gasteiger partial charge in [-0.3, -0.25) is 4.79 Å². The number of alkyl halides is 3. The summed E-state index contributed by atoms with van der Waals surface area (Å²) >= 11 is 0. The quantitative estimate of drug-likeness (QED) is 0.694. The highest BCUT2D eigenvalue weighted by molar-refractivity contribution is 5.92. The highest BCUT2D eigenvalue weighted by atomic mass is 19.4. The standard InChI is InChI=1S/C21H21F3N4O/c1-14-12-15(27-10-4-5-11-27)8-9-16(14)25-19(29)13-28-18-7-3-2-6-17(18)26-20(28)21(22,23)24/h2-3,6-9,12H,4-5,10-11,13H2,1H3,(H,25,29). The maximum atomic E-state index is 13.4. The molecule has 1 aliphatic rings. The number of imidazole rings is 1. The molecule has 8 heteroatoms. The summed E-state index contributed by atoms with van der Waals surface area (Å²) in [4.78, 5) is 18.5. The van der Waals surface area contributed by atoms with E-state index < -0.39 is 24.5 Å². The van der Waals surface area contributed by atoms with Crippen LogP contribution in [0.1, 0.15) is 24.2 Å². The Morgan fingerprint density at radius 3 is 2.55 bits per heavy atom. The summed E-state index contributed by atoms with van der Waals surface area (Å²) in [6.45, 7) is 3.43. The van der Waals surface area contributed by atoms with E-state index in [4.69, 9.17) is 0 Å². The maximum absolute atomic E-state index is 13.4. The lowest BCUT2D eigenvalue weighted by Crippen LogP contribution is -2.23. The highest BCUT2D eigenvalue weighted by Crippen LogP contribution is 2.31. The summed E-state index contributed by atoms with van der Waals surface area (Å²) in [5, 5.41) is 2.74. The Balaban J connectivity index is 1.56. The van der Waals surface area contributed by atoms with Gasteiger partial charge < -0.3 is 14.8 Å². The molecule has 0 unspecified atom stereocenters. The van der Waals surface area contributed by atoms with Gasteiger partial charge in [0.25, 0.3) is 0 Å². The van der Waals surface area contributed by atoms with Crippen molar-refractivity contribution in [1.29, 1.82) is 0 Å². The summed E-state index contributed by atoms with van der Waals surface area (Å²) in [5.74, 6) is -1.61. The molecule has 2 heterocycles. The number of rotatable bonds is 4. The Kier molecular flexibility index (Phi) is 4.94. The van der Waals surface area contributed by atoms with Crippen molar-refractivity contribution in [1.82, 2.24) is 9.55 Å². The predicted molar refractivity (Wildman–Crippen MR) is 106 cm³/mol. The molecule has 1 aromatic heterocycles. The molecule has 152 valence electrons. The molecule has 2 aromatic carbocycles. The lowest BCUT2D eigenvalue weighted by molar-refractivity contribution is -0.147. The number of carbonyl (C=O) groups is 1. The fraction of sp³-hybridized carbons (Fsp3) is 0.333. The molecule has 0 spiro atoms. The monoisotopic (exact) mass is 402 g/mol. The molecule has 4 rings (SSSR count). The average molecular weight is 402 g/mol. The Bertz CT molecular complexity index is 1050. The number of nitrogens with one attached hydrogen (secondary N) is 1. The molecule has 0 atom stereocenters. The molecule has 3 aromatic rings. The van der Waals surface area contributed by atoms with Crippen molar-refractivity contribution in [2.24, 2.45) is 0 Å². The molecule has 1 fully saturated rings. The van der Waals surface area contributed by atoms with Gasteiger partial charge in [-0.15, -0.1) is 0 Å². The van der Waals surface area contributed by atoms with E-state index >= 15 is 0 Å². The second-order valence-corrected chi connectivity index (χ2v) is 7.25. The fourth-order valence-corrected chi connectivity index (χ4v) is 3.75. The van der Waals surface area contributed by atoms with Crippen LogP contribution in [0.25, 0.3) is 11.0 Å². The lowest BCUT2D eigenvalue weighted by atomic mass is 10.1. The molecule has 29 heavy (non-hydrogen) atoms. The van der Waals surface area contributed by atoms with Crippen LogP contribution in [-0.4, -0.2) is 28.5 Å². The first-order chi connectivity index (χ1) is 13.8. The Morgan fingerprint density at radius 2 is 1.86 bits per heavy atom. The van der Waals surface area contributed by atoms with Crippen molar-refractivity contribution in [2.45, 2.75) is 32.5 Å². The maximum Gasteiger partial charge on any atom is 0.449 e. The number of hydrogen-bond acceptors (Lipinski definition) is 3. The fourth-order valence-electron chi connectivity index (χ4n) is 3.75. The predicted octanol–water partition coefficient (Wildman–Crippen LogP) is 4.60. The normalized spacial score (nSPS) is 14.6. The lowest BCUT2D eigenvalue weighted by Gasteiger charge is -2.19. The highest BCUT2D eigenvalue weighted by Gasteiger charge is 2.38. The first-order valence-corrected chi connectivity index (χ1v) is 9.51. The molecule has 0 saturated carbocycles. The van der Waals surface area contributed by atoms with Crippen molar-refractivity contribution in [2.75, 3.05) is 23.3 Å². The first kappa shape index (κ1) is 19.3. The minimum Gasteiger partial charge on any atom is -0.372 e. The van der Waals surface area contributed by atoms with Crippen LogP contribution in [0, 0.1) is 6.92 Å². The van der Waals surface area contributed by atoms with Crippen molar-refractivity contribution < 1.29 is 18.0 Å². The molecular formula is C21H21F3N4O. The smallest absolute Gasteiger partial charge is 0.372 e. The van der Waals surface area contributed by atoms with Gasteiger partial charge in [-0.25, -0.2) is 4.98 Å². The minimum absolute atomic E-state index is 0.207. The van der Waals surface area contributed by atoms with Gasteiger partial charge in [0.2, 0.25) is 11.7 Å². The zero-order valence-corrected chi connectivity index (χ0v) is 16.0. The van der Waals surface area contributed by atoms with Gasteiger partial charge >= 0.3 is 6.18 Å². The van der Waals surface area contributed by atoms with E-state index in [1.54, 1.807) is 18.2 Å². The minimum atomic E-state index is -4.65. The van der Waals surface area contributed by atoms with E-state index in [0.29, 0.717) is 5.69 Å². The van der Waals surface area contributed by atoms with Gasteiger partial charge in [0.05, 0.1) is 11.0 Å². The van der Waals surface area contributed by atoms with Crippen LogP contribution in [-0.2, 0) is 17.5 Å². The van der Waals surface area contributed by atoms with E-state index in [0.717, 1.165) is 41.7 Å². The van der Waals surface area contributed by atoms with Crippen molar-refractivity contribution in [3.63, 3.8) is 0 Å². The Morgan fingerprint density at radius 1 is 1.14 bits per heavy atom. The molecule has 0 aliphatic carbocycles. The number of halogens is 3. The number of para-hydroxylation sites is 2. The first-order valence-electron chi connectivity index (χ1n) is 9.51. The number of amides is 1. The molecule has 1 N–H and O–H groups in total.